The predicted octanol–water partition coefficient (Wildman–Crippen LogP) is 4.07. The highest BCUT2D eigenvalue weighted by molar-refractivity contribution is 5.40. The molecule has 0 atom stereocenters. The largest absolute Gasteiger partial charge is 0.367 e. The molecule has 118 valence electrons. The number of aromatic nitrogens is 2. The predicted molar refractivity (Wildman–Crippen MR) is 85.0 cm³/mol. The summed E-state index contributed by atoms with van der Waals surface area (Å²) in [6.07, 6.45) is 8.58. The maximum atomic E-state index is 13.7. The first-order chi connectivity index (χ1) is 10.2. The Morgan fingerprint density at radius 1 is 1.19 bits per heavy atom. The van der Waals surface area contributed by atoms with Gasteiger partial charge in [0, 0.05) is 13.1 Å². The Balaban J connectivity index is 1.79. The molecule has 1 aromatic rings. The number of anilines is 2. The first-order valence-electron chi connectivity index (χ1n) is 8.19. The molecular formula is C16H27FN4. The Bertz CT molecular complexity index is 430. The first kappa shape index (κ1) is 16.0. The van der Waals surface area contributed by atoms with E-state index in [4.69, 9.17) is 0 Å². The van der Waals surface area contributed by atoms with Crippen molar-refractivity contribution in [1.82, 2.24) is 9.97 Å². The Kier molecular flexibility index (Phi) is 6.21. The molecule has 1 aliphatic carbocycles. The third-order valence-electron chi connectivity index (χ3n) is 4.26. The van der Waals surface area contributed by atoms with E-state index in [0.29, 0.717) is 11.8 Å². The lowest BCUT2D eigenvalue weighted by Gasteiger charge is -2.26. The molecule has 5 heteroatoms. The standard InChI is InChI=1S/C16H27FN4/c1-3-9-19-16-20-11-14(17)15(21-16)18-10-8-13-6-4-12(2)5-7-13/h11-13H,3-10H2,1-2H3,(H2,18,19,20,21). The average Bonchev–Trinajstić information content (AvgIpc) is 2.50. The van der Waals surface area contributed by atoms with E-state index in [1.807, 2.05) is 0 Å². The van der Waals surface area contributed by atoms with Crippen molar-refractivity contribution in [3.05, 3.63) is 12.0 Å². The molecule has 4 nitrogen and oxygen atoms in total. The molecule has 0 spiro atoms. The second-order valence-corrected chi connectivity index (χ2v) is 6.16. The molecule has 0 saturated heterocycles. The van der Waals surface area contributed by atoms with Gasteiger partial charge in [-0.1, -0.05) is 39.5 Å². The third kappa shape index (κ3) is 5.14. The van der Waals surface area contributed by atoms with Crippen LogP contribution in [0.3, 0.4) is 0 Å². The molecule has 0 radical (unpaired) electrons. The van der Waals surface area contributed by atoms with Gasteiger partial charge >= 0.3 is 0 Å². The molecule has 0 unspecified atom stereocenters. The fourth-order valence-electron chi connectivity index (χ4n) is 2.83. The van der Waals surface area contributed by atoms with Crippen LogP contribution in [0.1, 0.15) is 52.4 Å². The molecule has 1 fully saturated rings. The van der Waals surface area contributed by atoms with Gasteiger partial charge in [0.05, 0.1) is 6.20 Å². The quantitative estimate of drug-likeness (QED) is 0.796. The van der Waals surface area contributed by atoms with Crippen LogP contribution in [0.25, 0.3) is 0 Å². The van der Waals surface area contributed by atoms with Crippen LogP contribution in [-0.2, 0) is 0 Å². The van der Waals surface area contributed by atoms with Gasteiger partial charge in [0.1, 0.15) is 0 Å². The summed E-state index contributed by atoms with van der Waals surface area (Å²) in [4.78, 5) is 8.14. The van der Waals surface area contributed by atoms with E-state index in [0.717, 1.165) is 37.8 Å². The maximum Gasteiger partial charge on any atom is 0.224 e. The molecule has 2 N–H and O–H groups in total. The molecule has 21 heavy (non-hydrogen) atoms. The lowest BCUT2D eigenvalue weighted by Crippen LogP contribution is -2.17. The van der Waals surface area contributed by atoms with Gasteiger partial charge in [-0.25, -0.2) is 9.37 Å². The van der Waals surface area contributed by atoms with Gasteiger partial charge in [0.2, 0.25) is 5.95 Å². The number of nitrogens with one attached hydrogen (secondary N) is 2. The minimum atomic E-state index is -0.380. The van der Waals surface area contributed by atoms with Gasteiger partial charge in [-0.15, -0.1) is 0 Å². The normalized spacial score (nSPS) is 22.0. The molecule has 2 rings (SSSR count). The third-order valence-corrected chi connectivity index (χ3v) is 4.26. The van der Waals surface area contributed by atoms with Crippen LogP contribution >= 0.6 is 0 Å². The smallest absolute Gasteiger partial charge is 0.224 e. The van der Waals surface area contributed by atoms with Crippen molar-refractivity contribution < 1.29 is 4.39 Å². The number of halogens is 1. The van der Waals surface area contributed by atoms with E-state index in [1.165, 1.54) is 31.9 Å². The zero-order valence-corrected chi connectivity index (χ0v) is 13.2. The lowest BCUT2D eigenvalue weighted by molar-refractivity contribution is 0.282. The maximum absolute atomic E-state index is 13.7. The first-order valence-corrected chi connectivity index (χ1v) is 8.19. The van der Waals surface area contributed by atoms with Crippen molar-refractivity contribution in [3.8, 4) is 0 Å². The van der Waals surface area contributed by atoms with Crippen LogP contribution in [0.2, 0.25) is 0 Å². The second kappa shape index (κ2) is 8.15. The Morgan fingerprint density at radius 2 is 1.95 bits per heavy atom. The fraction of sp³-hybridized carbons (Fsp3) is 0.750. The highest BCUT2D eigenvalue weighted by Gasteiger charge is 2.18. The number of hydrogen-bond acceptors (Lipinski definition) is 4. The minimum absolute atomic E-state index is 0.313. The summed E-state index contributed by atoms with van der Waals surface area (Å²) in [7, 11) is 0. The lowest BCUT2D eigenvalue weighted by atomic mass is 9.81. The Labute approximate surface area is 127 Å². The molecule has 0 bridgehead atoms. The summed E-state index contributed by atoms with van der Waals surface area (Å²) in [6.45, 7) is 5.97. The van der Waals surface area contributed by atoms with Crippen LogP contribution in [0.5, 0.6) is 0 Å². The monoisotopic (exact) mass is 294 g/mol. The number of nitrogens with zero attached hydrogens (tertiary/aromatic N) is 2. The summed E-state index contributed by atoms with van der Waals surface area (Å²) in [5.41, 5.74) is 0. The number of hydrogen-bond donors (Lipinski definition) is 2. The van der Waals surface area contributed by atoms with Crippen molar-refractivity contribution in [2.75, 3.05) is 23.7 Å². The SMILES string of the molecule is CCCNc1ncc(F)c(NCCC2CCC(C)CC2)n1. The van der Waals surface area contributed by atoms with Crippen LogP contribution in [0, 0.1) is 17.7 Å². The molecule has 1 aromatic heterocycles. The summed E-state index contributed by atoms with van der Waals surface area (Å²) < 4.78 is 13.7. The highest BCUT2D eigenvalue weighted by atomic mass is 19.1. The minimum Gasteiger partial charge on any atom is -0.367 e. The van der Waals surface area contributed by atoms with Gasteiger partial charge in [0.25, 0.3) is 0 Å². The summed E-state index contributed by atoms with van der Waals surface area (Å²) in [6, 6.07) is 0. The number of rotatable bonds is 7. The Hall–Kier alpha value is -1.39. The zero-order valence-electron chi connectivity index (χ0n) is 13.2. The molecule has 0 aromatic carbocycles. The molecule has 1 heterocycles. The summed E-state index contributed by atoms with van der Waals surface area (Å²) in [5.74, 6) is 2.08. The van der Waals surface area contributed by atoms with Crippen molar-refractivity contribution in [3.63, 3.8) is 0 Å². The fourth-order valence-corrected chi connectivity index (χ4v) is 2.83. The van der Waals surface area contributed by atoms with Gasteiger partial charge in [-0.05, 0) is 24.7 Å². The van der Waals surface area contributed by atoms with Crippen LogP contribution < -0.4 is 10.6 Å². The van der Waals surface area contributed by atoms with Crippen molar-refractivity contribution >= 4 is 11.8 Å². The van der Waals surface area contributed by atoms with Crippen molar-refractivity contribution in [2.24, 2.45) is 11.8 Å². The van der Waals surface area contributed by atoms with Gasteiger partial charge in [-0.3, -0.25) is 0 Å². The van der Waals surface area contributed by atoms with Gasteiger partial charge in [-0.2, -0.15) is 4.98 Å². The molecule has 0 aliphatic heterocycles. The topological polar surface area (TPSA) is 49.8 Å². The van der Waals surface area contributed by atoms with Crippen molar-refractivity contribution in [1.29, 1.82) is 0 Å². The van der Waals surface area contributed by atoms with Crippen LogP contribution in [0.15, 0.2) is 6.20 Å². The van der Waals surface area contributed by atoms with Gasteiger partial charge in [0.15, 0.2) is 11.6 Å². The van der Waals surface area contributed by atoms with Gasteiger partial charge < -0.3 is 10.6 Å². The summed E-state index contributed by atoms with van der Waals surface area (Å²) in [5, 5.41) is 6.20. The molecule has 0 amide bonds. The van der Waals surface area contributed by atoms with Crippen molar-refractivity contribution in [2.45, 2.75) is 52.4 Å². The molecular weight excluding hydrogens is 267 g/mol. The van der Waals surface area contributed by atoms with E-state index in [2.05, 4.69) is 34.4 Å². The van der Waals surface area contributed by atoms with E-state index >= 15 is 0 Å². The highest BCUT2D eigenvalue weighted by Crippen LogP contribution is 2.30. The second-order valence-electron chi connectivity index (χ2n) is 6.16. The summed E-state index contributed by atoms with van der Waals surface area (Å²) >= 11 is 0. The average molecular weight is 294 g/mol. The molecule has 1 aliphatic rings. The van der Waals surface area contributed by atoms with E-state index in [1.54, 1.807) is 0 Å². The van der Waals surface area contributed by atoms with Crippen LogP contribution in [0.4, 0.5) is 16.2 Å². The van der Waals surface area contributed by atoms with E-state index in [-0.39, 0.29) is 5.82 Å². The zero-order chi connectivity index (χ0) is 15.1. The van der Waals surface area contributed by atoms with Crippen LogP contribution in [-0.4, -0.2) is 23.1 Å². The Morgan fingerprint density at radius 3 is 2.67 bits per heavy atom. The van der Waals surface area contributed by atoms with E-state index < -0.39 is 0 Å². The molecule has 1 saturated carbocycles. The van der Waals surface area contributed by atoms with E-state index in [9.17, 15) is 4.39 Å².